The smallest absolute Gasteiger partial charge is 0.262 e. The molecule has 0 spiro atoms. The molecule has 3 rings (SSSR count). The Labute approximate surface area is 175 Å². The van der Waals surface area contributed by atoms with Crippen LogP contribution in [0.2, 0.25) is 0 Å². The molecule has 0 heterocycles. The Morgan fingerprint density at radius 1 is 0.867 bits per heavy atom. The summed E-state index contributed by atoms with van der Waals surface area (Å²) in [6.45, 7) is 0.408. The van der Waals surface area contributed by atoms with Crippen molar-refractivity contribution in [3.8, 4) is 11.5 Å². The highest BCUT2D eigenvalue weighted by molar-refractivity contribution is 5.94. The number of hydrogen-bond donors (Lipinski definition) is 2. The Morgan fingerprint density at radius 2 is 1.57 bits per heavy atom. The second-order valence-corrected chi connectivity index (χ2v) is 6.55. The van der Waals surface area contributed by atoms with Crippen LogP contribution in [0.5, 0.6) is 11.5 Å². The molecule has 0 bridgehead atoms. The first kappa shape index (κ1) is 20.9. The quantitative estimate of drug-likeness (QED) is 0.570. The fourth-order valence-electron chi connectivity index (χ4n) is 2.85. The minimum Gasteiger partial charge on any atom is -0.495 e. The third kappa shape index (κ3) is 6.10. The highest BCUT2D eigenvalue weighted by atomic mass is 16.5. The summed E-state index contributed by atoms with van der Waals surface area (Å²) in [4.78, 5) is 24.4. The normalized spacial score (nSPS) is 10.2. The van der Waals surface area contributed by atoms with Gasteiger partial charge in [0.1, 0.15) is 11.5 Å². The number of methoxy groups -OCH3 is 1. The van der Waals surface area contributed by atoms with Crippen LogP contribution in [-0.4, -0.2) is 32.1 Å². The summed E-state index contributed by atoms with van der Waals surface area (Å²) in [6, 6.07) is 23.8. The van der Waals surface area contributed by atoms with Gasteiger partial charge >= 0.3 is 0 Å². The van der Waals surface area contributed by atoms with Crippen molar-refractivity contribution < 1.29 is 19.1 Å². The lowest BCUT2D eigenvalue weighted by Gasteiger charge is -2.11. The van der Waals surface area contributed by atoms with Gasteiger partial charge in [-0.2, -0.15) is 0 Å². The molecule has 6 heteroatoms. The molecule has 0 aliphatic rings. The van der Waals surface area contributed by atoms with E-state index in [1.54, 1.807) is 43.5 Å². The van der Waals surface area contributed by atoms with E-state index in [9.17, 15) is 9.59 Å². The van der Waals surface area contributed by atoms with Crippen molar-refractivity contribution in [1.29, 1.82) is 0 Å². The van der Waals surface area contributed by atoms with Gasteiger partial charge in [-0.05, 0) is 48.4 Å². The first-order valence-electron chi connectivity index (χ1n) is 9.63. The van der Waals surface area contributed by atoms with Crippen LogP contribution in [0.15, 0.2) is 78.9 Å². The topological polar surface area (TPSA) is 76.7 Å². The SMILES string of the molecule is COc1ccccc1NC(=O)COc1ccc(C(=O)NCCc2ccccc2)cc1. The van der Waals surface area contributed by atoms with Crippen molar-refractivity contribution >= 4 is 17.5 Å². The van der Waals surface area contributed by atoms with Gasteiger partial charge in [-0.15, -0.1) is 0 Å². The largest absolute Gasteiger partial charge is 0.495 e. The minimum atomic E-state index is -0.303. The van der Waals surface area contributed by atoms with Gasteiger partial charge in [0, 0.05) is 12.1 Å². The second kappa shape index (κ2) is 10.7. The average molecular weight is 404 g/mol. The molecule has 2 N–H and O–H groups in total. The average Bonchev–Trinajstić information content (AvgIpc) is 2.79. The second-order valence-electron chi connectivity index (χ2n) is 6.55. The van der Waals surface area contributed by atoms with Crippen LogP contribution < -0.4 is 20.1 Å². The van der Waals surface area contributed by atoms with E-state index in [4.69, 9.17) is 9.47 Å². The van der Waals surface area contributed by atoms with Gasteiger partial charge in [-0.3, -0.25) is 9.59 Å². The van der Waals surface area contributed by atoms with E-state index in [1.165, 1.54) is 5.56 Å². The monoisotopic (exact) mass is 404 g/mol. The molecule has 3 aromatic carbocycles. The van der Waals surface area contributed by atoms with E-state index in [1.807, 2.05) is 42.5 Å². The Kier molecular flexibility index (Phi) is 7.44. The van der Waals surface area contributed by atoms with Crippen molar-refractivity contribution in [2.24, 2.45) is 0 Å². The Morgan fingerprint density at radius 3 is 2.30 bits per heavy atom. The number of ether oxygens (including phenoxy) is 2. The summed E-state index contributed by atoms with van der Waals surface area (Å²) in [6.07, 6.45) is 0.773. The zero-order chi connectivity index (χ0) is 21.2. The number of hydrogen-bond acceptors (Lipinski definition) is 4. The van der Waals surface area contributed by atoms with E-state index in [0.717, 1.165) is 6.42 Å². The lowest BCUT2D eigenvalue weighted by Crippen LogP contribution is -2.25. The molecule has 0 aromatic heterocycles. The summed E-state index contributed by atoms with van der Waals surface area (Å²) in [5.74, 6) is 0.633. The summed E-state index contributed by atoms with van der Waals surface area (Å²) in [7, 11) is 1.54. The van der Waals surface area contributed by atoms with E-state index in [0.29, 0.717) is 29.3 Å². The molecule has 154 valence electrons. The molecular weight excluding hydrogens is 380 g/mol. The zero-order valence-electron chi connectivity index (χ0n) is 16.8. The molecule has 6 nitrogen and oxygen atoms in total. The third-order valence-corrected chi connectivity index (χ3v) is 4.41. The standard InChI is InChI=1S/C24H24N2O4/c1-29-22-10-6-5-9-21(22)26-23(27)17-30-20-13-11-19(12-14-20)24(28)25-16-15-18-7-3-2-4-8-18/h2-14H,15-17H2,1H3,(H,25,28)(H,26,27). The first-order chi connectivity index (χ1) is 14.7. The van der Waals surface area contributed by atoms with Crippen molar-refractivity contribution in [2.75, 3.05) is 25.6 Å². The third-order valence-electron chi connectivity index (χ3n) is 4.41. The number of carbonyl (C=O) groups is 2. The van der Waals surface area contributed by atoms with Crippen molar-refractivity contribution in [3.05, 3.63) is 90.0 Å². The molecule has 2 amide bonds. The van der Waals surface area contributed by atoms with Crippen LogP contribution in [-0.2, 0) is 11.2 Å². The molecular formula is C24H24N2O4. The Bertz CT molecular complexity index is 972. The van der Waals surface area contributed by atoms with Crippen LogP contribution in [0.25, 0.3) is 0 Å². The molecule has 0 unspecified atom stereocenters. The van der Waals surface area contributed by atoms with Gasteiger partial charge in [0.05, 0.1) is 12.8 Å². The van der Waals surface area contributed by atoms with Crippen LogP contribution >= 0.6 is 0 Å². The number of carbonyl (C=O) groups excluding carboxylic acids is 2. The fraction of sp³-hybridized carbons (Fsp3) is 0.167. The van der Waals surface area contributed by atoms with Crippen molar-refractivity contribution in [3.63, 3.8) is 0 Å². The Balaban J connectivity index is 1.44. The van der Waals surface area contributed by atoms with Crippen LogP contribution in [0, 0.1) is 0 Å². The summed E-state index contributed by atoms with van der Waals surface area (Å²) in [5, 5.41) is 5.64. The molecule has 3 aromatic rings. The van der Waals surface area contributed by atoms with Gasteiger partial charge in [-0.25, -0.2) is 0 Å². The van der Waals surface area contributed by atoms with Gasteiger partial charge in [0.15, 0.2) is 6.61 Å². The summed E-state index contributed by atoms with van der Waals surface area (Å²) >= 11 is 0. The lowest BCUT2D eigenvalue weighted by atomic mass is 10.1. The summed E-state index contributed by atoms with van der Waals surface area (Å²) < 4.78 is 10.7. The molecule has 0 aliphatic heterocycles. The van der Waals surface area contributed by atoms with Crippen LogP contribution in [0.1, 0.15) is 15.9 Å². The lowest BCUT2D eigenvalue weighted by molar-refractivity contribution is -0.118. The zero-order valence-corrected chi connectivity index (χ0v) is 16.8. The number of rotatable bonds is 9. The first-order valence-corrected chi connectivity index (χ1v) is 9.63. The van der Waals surface area contributed by atoms with Crippen molar-refractivity contribution in [1.82, 2.24) is 5.32 Å². The summed E-state index contributed by atoms with van der Waals surface area (Å²) in [5.41, 5.74) is 2.29. The molecule has 0 radical (unpaired) electrons. The van der Waals surface area contributed by atoms with E-state index < -0.39 is 0 Å². The van der Waals surface area contributed by atoms with Gasteiger partial charge in [-0.1, -0.05) is 42.5 Å². The van der Waals surface area contributed by atoms with Crippen molar-refractivity contribution in [2.45, 2.75) is 6.42 Å². The molecule has 0 aliphatic carbocycles. The van der Waals surface area contributed by atoms with E-state index in [-0.39, 0.29) is 18.4 Å². The molecule has 0 saturated heterocycles. The van der Waals surface area contributed by atoms with E-state index in [2.05, 4.69) is 10.6 Å². The number of amides is 2. The molecule has 0 saturated carbocycles. The molecule has 0 fully saturated rings. The van der Waals surface area contributed by atoms with E-state index >= 15 is 0 Å². The fourth-order valence-corrected chi connectivity index (χ4v) is 2.85. The van der Waals surface area contributed by atoms with Gasteiger partial charge in [0.2, 0.25) is 0 Å². The van der Waals surface area contributed by atoms with Gasteiger partial charge < -0.3 is 20.1 Å². The number of benzene rings is 3. The number of para-hydroxylation sites is 2. The number of anilines is 1. The molecule has 30 heavy (non-hydrogen) atoms. The van der Waals surface area contributed by atoms with Gasteiger partial charge in [0.25, 0.3) is 11.8 Å². The minimum absolute atomic E-state index is 0.147. The Hall–Kier alpha value is -3.80. The molecule has 0 atom stereocenters. The highest BCUT2D eigenvalue weighted by Gasteiger charge is 2.09. The van der Waals surface area contributed by atoms with Crippen LogP contribution in [0.3, 0.4) is 0 Å². The maximum absolute atomic E-state index is 12.2. The number of nitrogens with one attached hydrogen (secondary N) is 2. The predicted molar refractivity (Wildman–Crippen MR) is 116 cm³/mol. The maximum Gasteiger partial charge on any atom is 0.262 e. The maximum atomic E-state index is 12.2. The highest BCUT2D eigenvalue weighted by Crippen LogP contribution is 2.23. The van der Waals surface area contributed by atoms with Crippen LogP contribution in [0.4, 0.5) is 5.69 Å². The predicted octanol–water partition coefficient (Wildman–Crippen LogP) is 3.69.